The number of para-hydroxylation sites is 1. The maximum absolute atomic E-state index is 4.21. The number of aryl methyl sites for hydroxylation is 1. The van der Waals surface area contributed by atoms with Gasteiger partial charge >= 0.3 is 0 Å². The summed E-state index contributed by atoms with van der Waals surface area (Å²) in [4.78, 5) is 7.62. The molecule has 1 N–H and O–H groups in total. The number of nitrogens with zero attached hydrogens (tertiary/aromatic N) is 1. The molecule has 2 heteroatoms. The van der Waals surface area contributed by atoms with Crippen molar-refractivity contribution in [2.24, 2.45) is 0 Å². The first kappa shape index (κ1) is 9.16. The summed E-state index contributed by atoms with van der Waals surface area (Å²) in [5.74, 6) is 0. The van der Waals surface area contributed by atoms with Crippen molar-refractivity contribution in [3.63, 3.8) is 0 Å². The van der Waals surface area contributed by atoms with E-state index in [-0.39, 0.29) is 0 Å². The van der Waals surface area contributed by atoms with Crippen LogP contribution < -0.4 is 0 Å². The van der Waals surface area contributed by atoms with E-state index in [0.29, 0.717) is 0 Å². The molecule has 1 aromatic carbocycles. The molecular weight excluding hydrogens is 196 g/mol. The average molecular weight is 208 g/mol. The first-order chi connectivity index (χ1) is 7.83. The van der Waals surface area contributed by atoms with E-state index >= 15 is 0 Å². The van der Waals surface area contributed by atoms with Crippen LogP contribution in [-0.4, -0.2) is 9.97 Å². The lowest BCUT2D eigenvalue weighted by Gasteiger charge is -1.98. The van der Waals surface area contributed by atoms with Crippen molar-refractivity contribution in [3.8, 4) is 11.3 Å². The molecular formula is C14H12N2. The van der Waals surface area contributed by atoms with Gasteiger partial charge in [-0.05, 0) is 31.2 Å². The Hall–Kier alpha value is -2.09. The summed E-state index contributed by atoms with van der Waals surface area (Å²) in [5, 5.41) is 1.24. The minimum absolute atomic E-state index is 1.04. The smallest absolute Gasteiger partial charge is 0.0465 e. The van der Waals surface area contributed by atoms with Crippen LogP contribution >= 0.6 is 0 Å². The van der Waals surface area contributed by atoms with E-state index in [0.717, 1.165) is 11.4 Å². The summed E-state index contributed by atoms with van der Waals surface area (Å²) in [6.07, 6.45) is 1.84. The van der Waals surface area contributed by atoms with Gasteiger partial charge in [-0.1, -0.05) is 18.2 Å². The van der Waals surface area contributed by atoms with E-state index in [1.165, 1.54) is 16.5 Å². The van der Waals surface area contributed by atoms with E-state index in [4.69, 9.17) is 0 Å². The zero-order valence-corrected chi connectivity index (χ0v) is 9.07. The number of aromatic amines is 1. The van der Waals surface area contributed by atoms with Crippen LogP contribution in [0.3, 0.4) is 0 Å². The third-order valence-electron chi connectivity index (χ3n) is 2.74. The monoisotopic (exact) mass is 208 g/mol. The highest BCUT2D eigenvalue weighted by Gasteiger charge is 2.02. The summed E-state index contributed by atoms with van der Waals surface area (Å²) in [6, 6.07) is 14.6. The van der Waals surface area contributed by atoms with Crippen LogP contribution in [0.4, 0.5) is 0 Å². The van der Waals surface area contributed by atoms with Gasteiger partial charge in [-0.15, -0.1) is 0 Å². The van der Waals surface area contributed by atoms with Crippen LogP contribution in [0.15, 0.2) is 48.7 Å². The minimum Gasteiger partial charge on any atom is -0.355 e. The summed E-state index contributed by atoms with van der Waals surface area (Å²) in [5.41, 5.74) is 4.54. The fraction of sp³-hybridized carbons (Fsp3) is 0.0714. The molecule has 0 saturated heterocycles. The van der Waals surface area contributed by atoms with Crippen LogP contribution in [0.1, 0.15) is 5.69 Å². The second kappa shape index (κ2) is 3.49. The lowest BCUT2D eigenvalue weighted by atomic mass is 10.1. The van der Waals surface area contributed by atoms with Crippen LogP contribution in [0.25, 0.3) is 22.2 Å². The molecule has 0 radical (unpaired) electrons. The van der Waals surface area contributed by atoms with Crippen LogP contribution in [0.5, 0.6) is 0 Å². The number of hydrogen-bond acceptors (Lipinski definition) is 1. The molecule has 0 amide bonds. The highest BCUT2D eigenvalue weighted by atomic mass is 14.7. The number of nitrogens with one attached hydrogen (secondary N) is 1. The number of rotatable bonds is 1. The van der Waals surface area contributed by atoms with E-state index in [2.05, 4.69) is 40.3 Å². The van der Waals surface area contributed by atoms with Crippen molar-refractivity contribution in [3.05, 3.63) is 54.4 Å². The fourth-order valence-electron chi connectivity index (χ4n) is 1.94. The van der Waals surface area contributed by atoms with E-state index in [9.17, 15) is 0 Å². The number of pyridine rings is 1. The number of H-pyrrole nitrogens is 1. The first-order valence-electron chi connectivity index (χ1n) is 5.34. The van der Waals surface area contributed by atoms with Gasteiger partial charge in [0, 0.05) is 34.1 Å². The molecule has 3 aromatic rings. The Morgan fingerprint density at radius 3 is 2.75 bits per heavy atom. The molecule has 2 heterocycles. The average Bonchev–Trinajstić information content (AvgIpc) is 2.72. The summed E-state index contributed by atoms with van der Waals surface area (Å²) >= 11 is 0. The van der Waals surface area contributed by atoms with Gasteiger partial charge in [-0.2, -0.15) is 0 Å². The van der Waals surface area contributed by atoms with Crippen molar-refractivity contribution in [2.45, 2.75) is 6.92 Å². The van der Waals surface area contributed by atoms with Crippen LogP contribution in [0, 0.1) is 6.92 Å². The van der Waals surface area contributed by atoms with Crippen LogP contribution in [0.2, 0.25) is 0 Å². The van der Waals surface area contributed by atoms with Crippen molar-refractivity contribution in [2.75, 3.05) is 0 Å². The van der Waals surface area contributed by atoms with Crippen molar-refractivity contribution >= 4 is 10.9 Å². The zero-order chi connectivity index (χ0) is 11.0. The number of hydrogen-bond donors (Lipinski definition) is 1. The third-order valence-corrected chi connectivity index (χ3v) is 2.74. The molecule has 0 fully saturated rings. The molecule has 78 valence electrons. The predicted octanol–water partition coefficient (Wildman–Crippen LogP) is 3.54. The number of aromatic nitrogens is 2. The topological polar surface area (TPSA) is 28.7 Å². The summed E-state index contributed by atoms with van der Waals surface area (Å²) in [7, 11) is 0. The molecule has 2 nitrogen and oxygen atoms in total. The molecule has 0 saturated carbocycles. The Balaban J connectivity index is 2.19. The van der Waals surface area contributed by atoms with Crippen molar-refractivity contribution in [1.82, 2.24) is 9.97 Å². The Kier molecular flexibility index (Phi) is 2.00. The van der Waals surface area contributed by atoms with Gasteiger partial charge in [0.05, 0.1) is 0 Å². The molecule has 0 unspecified atom stereocenters. The van der Waals surface area contributed by atoms with Gasteiger partial charge < -0.3 is 4.98 Å². The molecule has 0 spiro atoms. The molecule has 0 aliphatic heterocycles. The Morgan fingerprint density at radius 1 is 1.06 bits per heavy atom. The van der Waals surface area contributed by atoms with Gasteiger partial charge in [-0.25, -0.2) is 0 Å². The summed E-state index contributed by atoms with van der Waals surface area (Å²) < 4.78 is 0. The standard InChI is InChI=1S/C14H12N2/c1-10-8-12(6-7-15-10)14-9-11-4-2-3-5-13(11)16-14/h2-9,16H,1H3. The number of fused-ring (bicyclic) bond motifs is 1. The first-order valence-corrected chi connectivity index (χ1v) is 5.34. The Labute approximate surface area is 94.0 Å². The second-order valence-corrected chi connectivity index (χ2v) is 3.96. The molecule has 0 aliphatic carbocycles. The molecule has 2 aromatic heterocycles. The van der Waals surface area contributed by atoms with Crippen molar-refractivity contribution < 1.29 is 0 Å². The highest BCUT2D eigenvalue weighted by molar-refractivity contribution is 5.85. The van der Waals surface area contributed by atoms with Crippen LogP contribution in [-0.2, 0) is 0 Å². The van der Waals surface area contributed by atoms with Gasteiger partial charge in [0.1, 0.15) is 0 Å². The normalized spacial score (nSPS) is 10.8. The Morgan fingerprint density at radius 2 is 1.94 bits per heavy atom. The van der Waals surface area contributed by atoms with E-state index in [1.807, 2.05) is 25.3 Å². The lowest BCUT2D eigenvalue weighted by Crippen LogP contribution is -1.82. The number of benzene rings is 1. The maximum atomic E-state index is 4.21. The minimum atomic E-state index is 1.04. The Bertz CT molecular complexity index is 605. The highest BCUT2D eigenvalue weighted by Crippen LogP contribution is 2.23. The quantitative estimate of drug-likeness (QED) is 0.651. The molecule has 0 aliphatic rings. The zero-order valence-electron chi connectivity index (χ0n) is 9.07. The molecule has 0 atom stereocenters. The second-order valence-electron chi connectivity index (χ2n) is 3.96. The summed E-state index contributed by atoms with van der Waals surface area (Å²) in [6.45, 7) is 2.01. The van der Waals surface area contributed by atoms with E-state index < -0.39 is 0 Å². The van der Waals surface area contributed by atoms with Gasteiger partial charge in [-0.3, -0.25) is 4.98 Å². The van der Waals surface area contributed by atoms with E-state index in [1.54, 1.807) is 0 Å². The molecule has 3 rings (SSSR count). The fourth-order valence-corrected chi connectivity index (χ4v) is 1.94. The maximum Gasteiger partial charge on any atom is 0.0465 e. The largest absolute Gasteiger partial charge is 0.355 e. The van der Waals surface area contributed by atoms with Gasteiger partial charge in [0.25, 0.3) is 0 Å². The van der Waals surface area contributed by atoms with Crippen molar-refractivity contribution in [1.29, 1.82) is 0 Å². The lowest BCUT2D eigenvalue weighted by molar-refractivity contribution is 1.20. The predicted molar refractivity (Wildman–Crippen MR) is 66.3 cm³/mol. The SMILES string of the molecule is Cc1cc(-c2cc3ccccc3[nH]2)ccn1. The molecule has 0 bridgehead atoms. The third kappa shape index (κ3) is 1.48. The van der Waals surface area contributed by atoms with Gasteiger partial charge in [0.15, 0.2) is 0 Å². The van der Waals surface area contributed by atoms with Gasteiger partial charge in [0.2, 0.25) is 0 Å². The molecule has 16 heavy (non-hydrogen) atoms.